The highest BCUT2D eigenvalue weighted by Gasteiger charge is 2.61. The van der Waals surface area contributed by atoms with Crippen molar-refractivity contribution in [2.75, 3.05) is 49.6 Å². The van der Waals surface area contributed by atoms with Gasteiger partial charge in [0.1, 0.15) is 5.82 Å². The lowest BCUT2D eigenvalue weighted by molar-refractivity contribution is -0.384. The van der Waals surface area contributed by atoms with E-state index in [1.165, 1.54) is 22.5 Å². The number of anilines is 2. The summed E-state index contributed by atoms with van der Waals surface area (Å²) < 4.78 is 46.9. The first-order valence-corrected chi connectivity index (χ1v) is 12.4. The normalized spacial score (nSPS) is 24.5. The molecule has 2 atom stereocenters. The number of hydrogen-bond acceptors (Lipinski definition) is 7. The Kier molecular flexibility index (Phi) is 5.74. The van der Waals surface area contributed by atoms with E-state index in [4.69, 9.17) is 4.74 Å². The zero-order chi connectivity index (χ0) is 24.0. The zero-order valence-electron chi connectivity index (χ0n) is 18.1. The lowest BCUT2D eigenvalue weighted by Crippen LogP contribution is -2.36. The van der Waals surface area contributed by atoms with Crippen molar-refractivity contribution in [2.24, 2.45) is 17.8 Å². The molecule has 1 saturated carbocycles. The summed E-state index contributed by atoms with van der Waals surface area (Å²) in [5, 5.41) is 13.5. The number of nitro benzene ring substituents is 1. The van der Waals surface area contributed by atoms with Crippen LogP contribution in [0.4, 0.5) is 21.5 Å². The Balaban J connectivity index is 1.19. The van der Waals surface area contributed by atoms with Crippen LogP contribution in [-0.2, 0) is 19.6 Å². The van der Waals surface area contributed by atoms with E-state index >= 15 is 0 Å². The van der Waals surface area contributed by atoms with Crippen molar-refractivity contribution in [3.8, 4) is 0 Å². The molecule has 2 unspecified atom stereocenters. The fourth-order valence-corrected chi connectivity index (χ4v) is 6.35. The van der Waals surface area contributed by atoms with Crippen LogP contribution in [0.5, 0.6) is 0 Å². The number of sulfonamides is 1. The molecule has 1 N–H and O–H groups in total. The molecule has 1 amide bonds. The second-order valence-corrected chi connectivity index (χ2v) is 10.6. The Bertz CT molecular complexity index is 1220. The van der Waals surface area contributed by atoms with E-state index in [1.807, 2.05) is 4.90 Å². The number of fused-ring (bicyclic) bond motifs is 1. The average Bonchev–Trinajstić information content (AvgIpc) is 3.33. The average molecular weight is 491 g/mol. The number of piperidine rings is 1. The number of carbonyl (C=O) groups excluding carboxylic acids is 1. The molecule has 0 bridgehead atoms. The summed E-state index contributed by atoms with van der Waals surface area (Å²) in [7, 11) is -3.80. The summed E-state index contributed by atoms with van der Waals surface area (Å²) in [5.74, 6) is -1.21. The van der Waals surface area contributed by atoms with Gasteiger partial charge in [0.15, 0.2) is 0 Å². The first-order valence-electron chi connectivity index (χ1n) is 10.9. The number of benzene rings is 2. The van der Waals surface area contributed by atoms with E-state index in [0.717, 1.165) is 12.1 Å². The van der Waals surface area contributed by atoms with Crippen molar-refractivity contribution in [1.29, 1.82) is 0 Å². The Labute approximate surface area is 195 Å². The van der Waals surface area contributed by atoms with Crippen molar-refractivity contribution in [1.82, 2.24) is 4.31 Å². The Hall–Kier alpha value is -3.09. The molecule has 2 aliphatic heterocycles. The minimum Gasteiger partial charge on any atom is -0.378 e. The summed E-state index contributed by atoms with van der Waals surface area (Å²) in [6, 6.07) is 9.35. The first-order chi connectivity index (χ1) is 16.3. The van der Waals surface area contributed by atoms with Crippen molar-refractivity contribution in [2.45, 2.75) is 4.90 Å². The number of rotatable bonds is 6. The summed E-state index contributed by atoms with van der Waals surface area (Å²) in [4.78, 5) is 24.8. The lowest BCUT2D eigenvalue weighted by atomic mass is 10.2. The molecule has 0 spiro atoms. The van der Waals surface area contributed by atoms with Crippen LogP contribution in [-0.4, -0.2) is 62.9 Å². The van der Waals surface area contributed by atoms with Crippen molar-refractivity contribution < 1.29 is 27.3 Å². The van der Waals surface area contributed by atoms with Gasteiger partial charge in [-0.15, -0.1) is 0 Å². The largest absolute Gasteiger partial charge is 0.378 e. The van der Waals surface area contributed by atoms with Crippen LogP contribution in [0.25, 0.3) is 0 Å². The van der Waals surface area contributed by atoms with Crippen LogP contribution in [0.1, 0.15) is 0 Å². The molecule has 2 saturated heterocycles. The number of carbonyl (C=O) groups is 1. The van der Waals surface area contributed by atoms with Gasteiger partial charge in [-0.05, 0) is 42.2 Å². The topological polar surface area (TPSA) is 122 Å². The molecular formula is C22H23FN4O6S. The number of morpholine rings is 1. The smallest absolute Gasteiger partial charge is 0.269 e. The predicted molar refractivity (Wildman–Crippen MR) is 120 cm³/mol. The molecule has 0 radical (unpaired) electrons. The monoisotopic (exact) mass is 490 g/mol. The third-order valence-corrected chi connectivity index (χ3v) is 8.56. The summed E-state index contributed by atoms with van der Waals surface area (Å²) in [6.07, 6.45) is 0. The Morgan fingerprint density at radius 3 is 2.32 bits per heavy atom. The second-order valence-electron chi connectivity index (χ2n) is 8.68. The third kappa shape index (κ3) is 4.12. The molecule has 3 aliphatic rings. The highest BCUT2D eigenvalue weighted by Crippen LogP contribution is 2.53. The Morgan fingerprint density at radius 2 is 1.74 bits per heavy atom. The molecule has 3 fully saturated rings. The zero-order valence-corrected chi connectivity index (χ0v) is 18.9. The van der Waals surface area contributed by atoms with Crippen LogP contribution < -0.4 is 10.2 Å². The van der Waals surface area contributed by atoms with E-state index in [9.17, 15) is 27.7 Å². The van der Waals surface area contributed by atoms with Gasteiger partial charge in [-0.2, -0.15) is 4.31 Å². The molecule has 12 heteroatoms. The minimum atomic E-state index is -3.80. The first kappa shape index (κ1) is 22.7. The molecule has 2 aromatic carbocycles. The number of ether oxygens (including phenoxy) is 1. The van der Waals surface area contributed by atoms with Crippen LogP contribution in [0, 0.1) is 33.7 Å². The molecule has 180 valence electrons. The van der Waals surface area contributed by atoms with Crippen LogP contribution >= 0.6 is 0 Å². The predicted octanol–water partition coefficient (Wildman–Crippen LogP) is 2.08. The van der Waals surface area contributed by atoms with Gasteiger partial charge >= 0.3 is 0 Å². The van der Waals surface area contributed by atoms with Gasteiger partial charge in [0.25, 0.3) is 5.69 Å². The summed E-state index contributed by atoms with van der Waals surface area (Å²) in [6.45, 7) is 2.69. The standard InChI is InChI=1S/C22H23FN4O6S/c23-19-11-14(1-6-20(19)25-7-9-33-10-8-25)24-22(28)21-17-12-26(13-18(17)21)34(31,32)16-4-2-15(3-5-16)27(29)30/h1-6,11,17-18,21H,7-10,12-13H2,(H,24,28). The molecule has 1 aliphatic carbocycles. The van der Waals surface area contributed by atoms with Crippen LogP contribution in [0.3, 0.4) is 0 Å². The molecule has 10 nitrogen and oxygen atoms in total. The van der Waals surface area contributed by atoms with Crippen LogP contribution in [0.15, 0.2) is 47.4 Å². The van der Waals surface area contributed by atoms with E-state index in [-0.39, 0.29) is 47.3 Å². The van der Waals surface area contributed by atoms with Crippen molar-refractivity contribution in [3.63, 3.8) is 0 Å². The van der Waals surface area contributed by atoms with Crippen LogP contribution in [0.2, 0.25) is 0 Å². The van der Waals surface area contributed by atoms with Crippen molar-refractivity contribution in [3.05, 3.63) is 58.4 Å². The number of halogens is 1. The molecule has 5 rings (SSSR count). The number of amides is 1. The maximum Gasteiger partial charge on any atom is 0.269 e. The maximum atomic E-state index is 14.6. The van der Waals surface area contributed by atoms with Gasteiger partial charge in [-0.3, -0.25) is 14.9 Å². The highest BCUT2D eigenvalue weighted by atomic mass is 32.2. The molecular weight excluding hydrogens is 467 g/mol. The van der Waals surface area contributed by atoms with E-state index in [2.05, 4.69) is 5.32 Å². The van der Waals surface area contributed by atoms with Gasteiger partial charge < -0.3 is 15.0 Å². The van der Waals surface area contributed by atoms with Gasteiger partial charge in [-0.25, -0.2) is 12.8 Å². The molecule has 0 aromatic heterocycles. The van der Waals surface area contributed by atoms with Gasteiger partial charge in [-0.1, -0.05) is 0 Å². The number of hydrogen-bond donors (Lipinski definition) is 1. The van der Waals surface area contributed by atoms with Crippen molar-refractivity contribution >= 4 is 33.0 Å². The number of nitro groups is 1. The van der Waals surface area contributed by atoms with E-state index in [0.29, 0.717) is 37.7 Å². The third-order valence-electron chi connectivity index (χ3n) is 6.72. The van der Waals surface area contributed by atoms with Gasteiger partial charge in [0, 0.05) is 49.9 Å². The number of non-ortho nitro benzene ring substituents is 1. The quantitative estimate of drug-likeness (QED) is 0.486. The second kappa shape index (κ2) is 8.60. The maximum absolute atomic E-state index is 14.6. The molecule has 2 aromatic rings. The fraction of sp³-hybridized carbons (Fsp3) is 0.409. The highest BCUT2D eigenvalue weighted by molar-refractivity contribution is 7.89. The Morgan fingerprint density at radius 1 is 1.09 bits per heavy atom. The lowest BCUT2D eigenvalue weighted by Gasteiger charge is -2.29. The van der Waals surface area contributed by atoms with Gasteiger partial charge in [0.2, 0.25) is 15.9 Å². The number of nitrogens with one attached hydrogen (secondary N) is 1. The summed E-state index contributed by atoms with van der Waals surface area (Å²) >= 11 is 0. The fourth-order valence-electron chi connectivity index (χ4n) is 4.83. The minimum absolute atomic E-state index is 0.0174. The number of nitrogens with zero attached hydrogens (tertiary/aromatic N) is 3. The SMILES string of the molecule is O=C(Nc1ccc(N2CCOCC2)c(F)c1)C1C2CN(S(=O)(=O)c3ccc([N+](=O)[O-])cc3)CC21. The van der Waals surface area contributed by atoms with E-state index < -0.39 is 20.8 Å². The van der Waals surface area contributed by atoms with Gasteiger partial charge in [0.05, 0.1) is 28.7 Å². The molecule has 2 heterocycles. The molecule has 34 heavy (non-hydrogen) atoms. The van der Waals surface area contributed by atoms with E-state index in [1.54, 1.807) is 12.1 Å². The summed E-state index contributed by atoms with van der Waals surface area (Å²) in [5.41, 5.74) is 0.644.